The van der Waals surface area contributed by atoms with Crippen LogP contribution in [0.4, 0.5) is 0 Å². The van der Waals surface area contributed by atoms with Gasteiger partial charge in [-0.3, -0.25) is 4.79 Å². The lowest BCUT2D eigenvalue weighted by molar-refractivity contribution is -0.129. The Morgan fingerprint density at radius 1 is 1.47 bits per heavy atom. The van der Waals surface area contributed by atoms with Gasteiger partial charge in [0.1, 0.15) is 0 Å². The second-order valence-electron chi connectivity index (χ2n) is 3.73. The van der Waals surface area contributed by atoms with Gasteiger partial charge in [0.25, 0.3) is 0 Å². The summed E-state index contributed by atoms with van der Waals surface area (Å²) >= 11 is 0. The fourth-order valence-electron chi connectivity index (χ4n) is 1.55. The summed E-state index contributed by atoms with van der Waals surface area (Å²) in [5.41, 5.74) is 0. The summed E-state index contributed by atoms with van der Waals surface area (Å²) < 4.78 is 0. The van der Waals surface area contributed by atoms with Crippen molar-refractivity contribution in [1.82, 2.24) is 10.2 Å². The number of allylic oxidation sites excluding steroid dienone is 3. The van der Waals surface area contributed by atoms with Crippen LogP contribution in [0.5, 0.6) is 0 Å². The van der Waals surface area contributed by atoms with Gasteiger partial charge in [0.15, 0.2) is 0 Å². The van der Waals surface area contributed by atoms with Crippen LogP contribution >= 0.6 is 0 Å². The maximum absolute atomic E-state index is 11.8. The van der Waals surface area contributed by atoms with Gasteiger partial charge in [-0.25, -0.2) is 0 Å². The van der Waals surface area contributed by atoms with Crippen LogP contribution in [0, 0.1) is 0 Å². The van der Waals surface area contributed by atoms with Crippen LogP contribution in [0.25, 0.3) is 0 Å². The smallest absolute Gasteiger partial charge is 0.246 e. The standard InChI is InChI=1S/C12H20N2O/c1-3-5-6-7-12(15)14(8-4-2)11-9-13-10-11/h3,5-7,11,13H,4,8-10H2,1-2H3. The van der Waals surface area contributed by atoms with E-state index >= 15 is 0 Å². The van der Waals surface area contributed by atoms with Gasteiger partial charge in [-0.15, -0.1) is 0 Å². The van der Waals surface area contributed by atoms with Crippen LogP contribution in [-0.2, 0) is 4.79 Å². The minimum absolute atomic E-state index is 0.126. The van der Waals surface area contributed by atoms with Gasteiger partial charge >= 0.3 is 0 Å². The summed E-state index contributed by atoms with van der Waals surface area (Å²) in [5, 5.41) is 3.19. The Bertz CT molecular complexity index is 254. The molecule has 1 aliphatic rings. The summed E-state index contributed by atoms with van der Waals surface area (Å²) in [4.78, 5) is 13.8. The second kappa shape index (κ2) is 6.40. The molecule has 0 aromatic carbocycles. The van der Waals surface area contributed by atoms with Crippen LogP contribution in [0.2, 0.25) is 0 Å². The molecule has 84 valence electrons. The first-order valence-corrected chi connectivity index (χ1v) is 5.60. The van der Waals surface area contributed by atoms with Gasteiger partial charge in [-0.05, 0) is 13.3 Å². The van der Waals surface area contributed by atoms with E-state index in [0.717, 1.165) is 26.1 Å². The third kappa shape index (κ3) is 3.51. The number of carbonyl (C=O) groups excluding carboxylic acids is 1. The quantitative estimate of drug-likeness (QED) is 0.546. The van der Waals surface area contributed by atoms with Gasteiger partial charge in [-0.2, -0.15) is 0 Å². The molecule has 1 rings (SSSR count). The topological polar surface area (TPSA) is 32.3 Å². The molecule has 0 aliphatic carbocycles. The van der Waals surface area contributed by atoms with E-state index in [1.807, 2.05) is 24.0 Å². The molecule has 0 spiro atoms. The van der Waals surface area contributed by atoms with Crippen molar-refractivity contribution in [3.63, 3.8) is 0 Å². The number of rotatable bonds is 5. The molecule has 0 radical (unpaired) electrons. The molecule has 1 aliphatic heterocycles. The molecule has 1 heterocycles. The van der Waals surface area contributed by atoms with Crippen molar-refractivity contribution in [3.05, 3.63) is 24.3 Å². The minimum Gasteiger partial charge on any atom is -0.334 e. The van der Waals surface area contributed by atoms with Crippen molar-refractivity contribution in [2.24, 2.45) is 0 Å². The molecular formula is C12H20N2O. The van der Waals surface area contributed by atoms with Crippen LogP contribution in [0.15, 0.2) is 24.3 Å². The van der Waals surface area contributed by atoms with Gasteiger partial charge in [0.05, 0.1) is 6.04 Å². The monoisotopic (exact) mass is 208 g/mol. The molecule has 1 amide bonds. The molecule has 0 atom stereocenters. The first-order valence-electron chi connectivity index (χ1n) is 5.60. The number of amides is 1. The first-order chi connectivity index (χ1) is 7.29. The molecule has 0 saturated carbocycles. The third-order valence-electron chi connectivity index (χ3n) is 2.49. The molecule has 0 unspecified atom stereocenters. The highest BCUT2D eigenvalue weighted by molar-refractivity contribution is 5.88. The van der Waals surface area contributed by atoms with Crippen LogP contribution in [0.3, 0.4) is 0 Å². The van der Waals surface area contributed by atoms with Crippen LogP contribution < -0.4 is 5.32 Å². The molecule has 0 bridgehead atoms. The Morgan fingerprint density at radius 3 is 2.67 bits per heavy atom. The molecule has 0 aromatic rings. The average molecular weight is 208 g/mol. The van der Waals surface area contributed by atoms with E-state index in [0.29, 0.717) is 6.04 Å². The van der Waals surface area contributed by atoms with Crippen LogP contribution in [-0.4, -0.2) is 36.5 Å². The number of nitrogens with one attached hydrogen (secondary N) is 1. The van der Waals surface area contributed by atoms with Gasteiger partial charge in [0.2, 0.25) is 5.91 Å². The lowest BCUT2D eigenvalue weighted by atomic mass is 10.1. The minimum atomic E-state index is 0.126. The highest BCUT2D eigenvalue weighted by Gasteiger charge is 2.26. The largest absolute Gasteiger partial charge is 0.334 e. The highest BCUT2D eigenvalue weighted by atomic mass is 16.2. The van der Waals surface area contributed by atoms with Gasteiger partial charge in [-0.1, -0.05) is 25.2 Å². The van der Waals surface area contributed by atoms with Gasteiger partial charge in [0, 0.05) is 25.7 Å². The molecular weight excluding hydrogens is 188 g/mol. The maximum atomic E-state index is 11.8. The average Bonchev–Trinajstić information content (AvgIpc) is 2.14. The van der Waals surface area contributed by atoms with Crippen molar-refractivity contribution < 1.29 is 4.79 Å². The third-order valence-corrected chi connectivity index (χ3v) is 2.49. The van der Waals surface area contributed by atoms with Crippen molar-refractivity contribution in [2.45, 2.75) is 26.3 Å². The fourth-order valence-corrected chi connectivity index (χ4v) is 1.55. The Kier molecular flexibility index (Phi) is 5.12. The fraction of sp³-hybridized carbons (Fsp3) is 0.583. The zero-order valence-electron chi connectivity index (χ0n) is 9.57. The number of nitrogens with zero attached hydrogens (tertiary/aromatic N) is 1. The number of hydrogen-bond acceptors (Lipinski definition) is 2. The zero-order valence-corrected chi connectivity index (χ0v) is 9.57. The SMILES string of the molecule is CC=CC=CC(=O)N(CCC)C1CNC1. The maximum Gasteiger partial charge on any atom is 0.246 e. The van der Waals surface area contributed by atoms with Crippen molar-refractivity contribution in [2.75, 3.05) is 19.6 Å². The molecule has 1 N–H and O–H groups in total. The van der Waals surface area contributed by atoms with Gasteiger partial charge < -0.3 is 10.2 Å². The van der Waals surface area contributed by atoms with E-state index in [2.05, 4.69) is 12.2 Å². The summed E-state index contributed by atoms with van der Waals surface area (Å²) in [5.74, 6) is 0.126. The first kappa shape index (κ1) is 12.0. The summed E-state index contributed by atoms with van der Waals surface area (Å²) in [7, 11) is 0. The molecule has 1 saturated heterocycles. The van der Waals surface area contributed by atoms with Crippen molar-refractivity contribution in [3.8, 4) is 0 Å². The lowest BCUT2D eigenvalue weighted by Gasteiger charge is -2.37. The van der Waals surface area contributed by atoms with E-state index < -0.39 is 0 Å². The van der Waals surface area contributed by atoms with Crippen LogP contribution in [0.1, 0.15) is 20.3 Å². The Hall–Kier alpha value is -1.09. The number of carbonyl (C=O) groups is 1. The molecule has 15 heavy (non-hydrogen) atoms. The predicted molar refractivity (Wildman–Crippen MR) is 62.6 cm³/mol. The Labute approximate surface area is 91.8 Å². The van der Waals surface area contributed by atoms with E-state index in [-0.39, 0.29) is 5.91 Å². The Balaban J connectivity index is 2.50. The summed E-state index contributed by atoms with van der Waals surface area (Å²) in [6, 6.07) is 0.396. The zero-order chi connectivity index (χ0) is 11.1. The van der Waals surface area contributed by atoms with Crippen molar-refractivity contribution >= 4 is 5.91 Å². The highest BCUT2D eigenvalue weighted by Crippen LogP contribution is 2.07. The molecule has 1 fully saturated rings. The number of hydrogen-bond donors (Lipinski definition) is 1. The lowest BCUT2D eigenvalue weighted by Crippen LogP contribution is -2.58. The summed E-state index contributed by atoms with van der Waals surface area (Å²) in [6.07, 6.45) is 8.25. The van der Waals surface area contributed by atoms with E-state index in [1.54, 1.807) is 12.2 Å². The Morgan fingerprint density at radius 2 is 2.20 bits per heavy atom. The molecule has 0 aromatic heterocycles. The predicted octanol–water partition coefficient (Wildman–Crippen LogP) is 1.33. The second-order valence-corrected chi connectivity index (χ2v) is 3.73. The molecule has 3 nitrogen and oxygen atoms in total. The van der Waals surface area contributed by atoms with E-state index in [9.17, 15) is 4.79 Å². The van der Waals surface area contributed by atoms with Crippen molar-refractivity contribution in [1.29, 1.82) is 0 Å². The normalized spacial score (nSPS) is 17.2. The van der Waals surface area contributed by atoms with E-state index in [4.69, 9.17) is 0 Å². The summed E-state index contributed by atoms with van der Waals surface area (Å²) in [6.45, 7) is 6.76. The van der Waals surface area contributed by atoms with E-state index in [1.165, 1.54) is 0 Å². The molecule has 3 heteroatoms.